The van der Waals surface area contributed by atoms with Crippen molar-refractivity contribution in [1.29, 1.82) is 0 Å². The van der Waals surface area contributed by atoms with Gasteiger partial charge in [0.25, 0.3) is 0 Å². The molecule has 1 aromatic carbocycles. The Balaban J connectivity index is 1.97. The largest absolute Gasteiger partial charge is 0.373 e. The highest BCUT2D eigenvalue weighted by molar-refractivity contribution is 5.87. The van der Waals surface area contributed by atoms with Gasteiger partial charge >= 0.3 is 0 Å². The second kappa shape index (κ2) is 5.42. The normalized spacial score (nSPS) is 19.2. The molecule has 0 saturated heterocycles. The van der Waals surface area contributed by atoms with Crippen LogP contribution in [0.15, 0.2) is 24.3 Å². The van der Waals surface area contributed by atoms with Crippen molar-refractivity contribution in [2.24, 2.45) is 5.92 Å². The average molecular weight is 246 g/mol. The van der Waals surface area contributed by atoms with Gasteiger partial charge in [-0.3, -0.25) is 4.79 Å². The highest BCUT2D eigenvalue weighted by Gasteiger charge is 2.27. The minimum atomic E-state index is -0.116. The van der Waals surface area contributed by atoms with Crippen LogP contribution in [0.3, 0.4) is 0 Å². The Morgan fingerprint density at radius 1 is 1.44 bits per heavy atom. The summed E-state index contributed by atoms with van der Waals surface area (Å²) < 4.78 is 0. The maximum atomic E-state index is 12.2. The van der Waals surface area contributed by atoms with Crippen molar-refractivity contribution < 1.29 is 4.79 Å². The number of carbonyl (C=O) groups is 1. The van der Waals surface area contributed by atoms with Crippen LogP contribution < -0.4 is 10.6 Å². The third-order valence-electron chi connectivity index (χ3n) is 3.66. The number of rotatable bonds is 4. The van der Waals surface area contributed by atoms with Gasteiger partial charge in [-0.25, -0.2) is 0 Å². The van der Waals surface area contributed by atoms with E-state index in [2.05, 4.69) is 37.5 Å². The van der Waals surface area contributed by atoms with Gasteiger partial charge in [0.1, 0.15) is 6.04 Å². The summed E-state index contributed by atoms with van der Waals surface area (Å²) >= 11 is 0. The summed E-state index contributed by atoms with van der Waals surface area (Å²) in [4.78, 5) is 12.2. The molecule has 0 radical (unpaired) electrons. The SMILES string of the molecule is CCC(NC(=O)C1Cc2ccccc2N1)C(C)C. The molecule has 0 spiro atoms. The lowest BCUT2D eigenvalue weighted by atomic mass is 10.0. The Labute approximate surface area is 109 Å². The zero-order chi connectivity index (χ0) is 13.1. The van der Waals surface area contributed by atoms with Crippen LogP contribution in [0.4, 0.5) is 5.69 Å². The van der Waals surface area contributed by atoms with E-state index in [0.717, 1.165) is 18.5 Å². The monoisotopic (exact) mass is 246 g/mol. The Hall–Kier alpha value is -1.51. The number of hydrogen-bond donors (Lipinski definition) is 2. The van der Waals surface area contributed by atoms with Crippen molar-refractivity contribution in [3.05, 3.63) is 29.8 Å². The first kappa shape index (κ1) is 12.9. The van der Waals surface area contributed by atoms with E-state index in [0.29, 0.717) is 5.92 Å². The summed E-state index contributed by atoms with van der Waals surface area (Å²) in [6, 6.07) is 8.27. The predicted octanol–water partition coefficient (Wildman–Crippen LogP) is 2.57. The smallest absolute Gasteiger partial charge is 0.243 e. The third-order valence-corrected chi connectivity index (χ3v) is 3.66. The lowest BCUT2D eigenvalue weighted by Gasteiger charge is -2.23. The van der Waals surface area contributed by atoms with E-state index in [1.54, 1.807) is 0 Å². The minimum absolute atomic E-state index is 0.116. The fourth-order valence-corrected chi connectivity index (χ4v) is 2.48. The molecule has 0 bridgehead atoms. The van der Waals surface area contributed by atoms with E-state index in [1.165, 1.54) is 5.56 Å². The van der Waals surface area contributed by atoms with E-state index in [-0.39, 0.29) is 18.0 Å². The Morgan fingerprint density at radius 3 is 2.78 bits per heavy atom. The van der Waals surface area contributed by atoms with Crippen LogP contribution in [0.1, 0.15) is 32.8 Å². The summed E-state index contributed by atoms with van der Waals surface area (Å²) in [5.41, 5.74) is 2.32. The number of nitrogens with one attached hydrogen (secondary N) is 2. The molecule has 98 valence electrons. The Bertz CT molecular complexity index is 403. The molecule has 2 atom stereocenters. The number of carbonyl (C=O) groups excluding carboxylic acids is 1. The molecular formula is C15H22N2O. The third kappa shape index (κ3) is 2.66. The first-order chi connectivity index (χ1) is 8.61. The number of hydrogen-bond acceptors (Lipinski definition) is 2. The summed E-state index contributed by atoms with van der Waals surface area (Å²) in [5, 5.41) is 6.43. The fraction of sp³-hybridized carbons (Fsp3) is 0.533. The van der Waals surface area contributed by atoms with E-state index >= 15 is 0 Å². The van der Waals surface area contributed by atoms with Crippen molar-refractivity contribution in [2.45, 2.75) is 45.7 Å². The lowest BCUT2D eigenvalue weighted by Crippen LogP contribution is -2.45. The molecule has 2 rings (SSSR count). The molecular weight excluding hydrogens is 224 g/mol. The van der Waals surface area contributed by atoms with Crippen molar-refractivity contribution in [1.82, 2.24) is 5.32 Å². The van der Waals surface area contributed by atoms with Crippen LogP contribution in [0, 0.1) is 5.92 Å². The summed E-state index contributed by atoms with van der Waals surface area (Å²) in [6.07, 6.45) is 1.76. The second-order valence-electron chi connectivity index (χ2n) is 5.33. The Morgan fingerprint density at radius 2 is 2.17 bits per heavy atom. The van der Waals surface area contributed by atoms with Crippen LogP contribution in [0.25, 0.3) is 0 Å². The number of fused-ring (bicyclic) bond motifs is 1. The zero-order valence-corrected chi connectivity index (χ0v) is 11.4. The number of anilines is 1. The first-order valence-corrected chi connectivity index (χ1v) is 6.76. The minimum Gasteiger partial charge on any atom is -0.373 e. The van der Waals surface area contributed by atoms with Gasteiger partial charge in [0.2, 0.25) is 5.91 Å². The van der Waals surface area contributed by atoms with E-state index in [1.807, 2.05) is 18.2 Å². The quantitative estimate of drug-likeness (QED) is 0.857. The van der Waals surface area contributed by atoms with Gasteiger partial charge in [0, 0.05) is 18.2 Å². The second-order valence-corrected chi connectivity index (χ2v) is 5.33. The van der Waals surface area contributed by atoms with Crippen LogP contribution in [-0.2, 0) is 11.2 Å². The maximum Gasteiger partial charge on any atom is 0.243 e. The molecule has 1 amide bonds. The molecule has 1 aliphatic rings. The fourth-order valence-electron chi connectivity index (χ4n) is 2.48. The molecule has 1 heterocycles. The van der Waals surface area contributed by atoms with Crippen LogP contribution in [-0.4, -0.2) is 18.0 Å². The molecule has 18 heavy (non-hydrogen) atoms. The standard InChI is InChI=1S/C15H22N2O/c1-4-12(10(2)3)17-15(18)14-9-11-7-5-6-8-13(11)16-14/h5-8,10,12,14,16H,4,9H2,1-3H3,(H,17,18). The van der Waals surface area contributed by atoms with Crippen LogP contribution >= 0.6 is 0 Å². The van der Waals surface area contributed by atoms with Gasteiger partial charge in [-0.1, -0.05) is 39.0 Å². The summed E-state index contributed by atoms with van der Waals surface area (Å²) in [5.74, 6) is 0.592. The Kier molecular flexibility index (Phi) is 3.90. The van der Waals surface area contributed by atoms with Gasteiger partial charge in [-0.2, -0.15) is 0 Å². The van der Waals surface area contributed by atoms with Crippen LogP contribution in [0.5, 0.6) is 0 Å². The van der Waals surface area contributed by atoms with Crippen LogP contribution in [0.2, 0.25) is 0 Å². The van der Waals surface area contributed by atoms with Crippen molar-refractivity contribution >= 4 is 11.6 Å². The molecule has 1 aromatic rings. The van der Waals surface area contributed by atoms with Crippen molar-refractivity contribution in [3.63, 3.8) is 0 Å². The molecule has 0 fully saturated rings. The van der Waals surface area contributed by atoms with Crippen molar-refractivity contribution in [2.75, 3.05) is 5.32 Å². The highest BCUT2D eigenvalue weighted by Crippen LogP contribution is 2.25. The molecule has 0 saturated carbocycles. The average Bonchev–Trinajstić information content (AvgIpc) is 2.79. The lowest BCUT2D eigenvalue weighted by molar-refractivity contribution is -0.122. The molecule has 3 heteroatoms. The molecule has 0 aromatic heterocycles. The highest BCUT2D eigenvalue weighted by atomic mass is 16.2. The number of amides is 1. The van der Waals surface area contributed by atoms with Gasteiger partial charge in [0.05, 0.1) is 0 Å². The molecule has 3 nitrogen and oxygen atoms in total. The zero-order valence-electron chi connectivity index (χ0n) is 11.4. The molecule has 2 unspecified atom stereocenters. The van der Waals surface area contributed by atoms with Gasteiger partial charge in [-0.15, -0.1) is 0 Å². The van der Waals surface area contributed by atoms with Crippen molar-refractivity contribution in [3.8, 4) is 0 Å². The predicted molar refractivity (Wildman–Crippen MR) is 74.6 cm³/mol. The molecule has 1 aliphatic heterocycles. The summed E-state index contributed by atoms with van der Waals surface area (Å²) in [6.45, 7) is 6.40. The van der Waals surface area contributed by atoms with E-state index < -0.39 is 0 Å². The topological polar surface area (TPSA) is 41.1 Å². The van der Waals surface area contributed by atoms with Gasteiger partial charge in [-0.05, 0) is 24.0 Å². The molecule has 2 N–H and O–H groups in total. The maximum absolute atomic E-state index is 12.2. The first-order valence-electron chi connectivity index (χ1n) is 6.76. The molecule has 0 aliphatic carbocycles. The number of benzene rings is 1. The van der Waals surface area contributed by atoms with Gasteiger partial charge < -0.3 is 10.6 Å². The van der Waals surface area contributed by atoms with E-state index in [4.69, 9.17) is 0 Å². The summed E-state index contributed by atoms with van der Waals surface area (Å²) in [7, 11) is 0. The number of para-hydroxylation sites is 1. The van der Waals surface area contributed by atoms with E-state index in [9.17, 15) is 4.79 Å². The van der Waals surface area contributed by atoms with Gasteiger partial charge in [0.15, 0.2) is 0 Å².